The van der Waals surface area contributed by atoms with Gasteiger partial charge in [0.25, 0.3) is 5.56 Å². The molecule has 30 heavy (non-hydrogen) atoms. The second-order valence-corrected chi connectivity index (χ2v) is 11.0. The first kappa shape index (κ1) is 20.3. The van der Waals surface area contributed by atoms with Crippen LogP contribution in [0.2, 0.25) is 5.02 Å². The van der Waals surface area contributed by atoms with Crippen LogP contribution in [0.4, 0.5) is 5.69 Å². The summed E-state index contributed by atoms with van der Waals surface area (Å²) in [5.74, 6) is 0.911. The summed E-state index contributed by atoms with van der Waals surface area (Å²) < 4.78 is 1.47. The Kier molecular flexibility index (Phi) is 4.92. The van der Waals surface area contributed by atoms with Crippen LogP contribution >= 0.6 is 11.6 Å². The third-order valence-corrected chi connectivity index (χ3v) is 9.29. The van der Waals surface area contributed by atoms with E-state index in [1.54, 1.807) is 6.20 Å². The lowest BCUT2D eigenvalue weighted by molar-refractivity contribution is -0.168. The molecule has 0 saturated heterocycles. The molecule has 5 aliphatic carbocycles. The van der Waals surface area contributed by atoms with Gasteiger partial charge in [0.1, 0.15) is 5.02 Å². The zero-order valence-electron chi connectivity index (χ0n) is 17.8. The van der Waals surface area contributed by atoms with E-state index >= 15 is 0 Å². The number of carboxylic acid groups (broad SMARTS) is 1. The van der Waals surface area contributed by atoms with Crippen molar-refractivity contribution in [3.8, 4) is 0 Å². The van der Waals surface area contributed by atoms with Crippen LogP contribution in [0.3, 0.4) is 0 Å². The number of carbonyl (C=O) groups is 1. The van der Waals surface area contributed by atoms with E-state index in [1.807, 2.05) is 0 Å². The maximum atomic E-state index is 13.4. The summed E-state index contributed by atoms with van der Waals surface area (Å²) in [5, 5.41) is 18.3. The van der Waals surface area contributed by atoms with Gasteiger partial charge >= 0.3 is 5.97 Å². The Morgan fingerprint density at radius 3 is 2.60 bits per heavy atom. The van der Waals surface area contributed by atoms with E-state index < -0.39 is 17.4 Å². The molecule has 2 N–H and O–H groups in total. The number of hydrogen-bond donors (Lipinski definition) is 2. The monoisotopic (exact) mass is 433 g/mol. The summed E-state index contributed by atoms with van der Waals surface area (Å²) in [7, 11) is 0. The molecule has 0 amide bonds. The maximum absolute atomic E-state index is 13.4. The quantitative estimate of drug-likeness (QED) is 0.736. The number of nitrogens with zero attached hydrogens (tertiary/aromatic N) is 2. The normalized spacial score (nSPS) is 42.3. The first-order valence-electron chi connectivity index (χ1n) is 11.6. The van der Waals surface area contributed by atoms with Gasteiger partial charge in [0, 0.05) is 6.04 Å². The van der Waals surface area contributed by atoms with Gasteiger partial charge in [0.05, 0.1) is 23.3 Å². The number of halogens is 1. The number of rotatable bonds is 4. The molecule has 1 heterocycles. The van der Waals surface area contributed by atoms with Crippen LogP contribution in [0.25, 0.3) is 0 Å². The Balaban J connectivity index is 1.50. The van der Waals surface area contributed by atoms with Crippen LogP contribution in [-0.2, 0) is 10.3 Å². The summed E-state index contributed by atoms with van der Waals surface area (Å²) in [4.78, 5) is 25.7. The molecule has 6 rings (SSSR count). The highest BCUT2D eigenvalue weighted by atomic mass is 35.5. The van der Waals surface area contributed by atoms with E-state index in [9.17, 15) is 14.7 Å². The van der Waals surface area contributed by atoms with Crippen molar-refractivity contribution in [2.24, 2.45) is 35.5 Å². The van der Waals surface area contributed by atoms with Crippen molar-refractivity contribution in [1.29, 1.82) is 0 Å². The predicted molar refractivity (Wildman–Crippen MR) is 116 cm³/mol. The fraction of sp³-hybridized carbons (Fsp3) is 0.783. The van der Waals surface area contributed by atoms with Crippen LogP contribution in [0.15, 0.2) is 11.0 Å². The van der Waals surface area contributed by atoms with E-state index in [0.717, 1.165) is 38.5 Å². The molecule has 164 valence electrons. The van der Waals surface area contributed by atoms with Crippen molar-refractivity contribution in [1.82, 2.24) is 9.78 Å². The molecule has 0 aliphatic heterocycles. The van der Waals surface area contributed by atoms with Crippen LogP contribution in [0.1, 0.15) is 65.2 Å². The van der Waals surface area contributed by atoms with Crippen molar-refractivity contribution in [3.63, 3.8) is 0 Å². The van der Waals surface area contributed by atoms with E-state index in [-0.39, 0.29) is 22.5 Å². The van der Waals surface area contributed by atoms with Gasteiger partial charge in [0.15, 0.2) is 0 Å². The van der Waals surface area contributed by atoms with Gasteiger partial charge < -0.3 is 10.4 Å². The minimum absolute atomic E-state index is 0.142. The van der Waals surface area contributed by atoms with E-state index in [0.29, 0.717) is 29.4 Å². The van der Waals surface area contributed by atoms with Gasteiger partial charge in [-0.1, -0.05) is 38.3 Å². The van der Waals surface area contributed by atoms with Gasteiger partial charge in [-0.05, 0) is 68.1 Å². The summed E-state index contributed by atoms with van der Waals surface area (Å²) in [5.41, 5.74) is -0.487. The fourth-order valence-corrected chi connectivity index (χ4v) is 7.75. The number of hydrogen-bond acceptors (Lipinski definition) is 4. The van der Waals surface area contributed by atoms with E-state index in [2.05, 4.69) is 24.3 Å². The van der Waals surface area contributed by atoms with E-state index in [4.69, 9.17) is 11.6 Å². The molecule has 5 aliphatic rings. The molecule has 7 heteroatoms. The molecule has 5 saturated carbocycles. The highest BCUT2D eigenvalue weighted by Gasteiger charge is 2.61. The van der Waals surface area contributed by atoms with Gasteiger partial charge in [-0.3, -0.25) is 9.59 Å². The second kappa shape index (κ2) is 7.25. The lowest BCUT2D eigenvalue weighted by Gasteiger charge is -2.59. The molecule has 6 atom stereocenters. The second-order valence-electron chi connectivity index (χ2n) is 10.6. The summed E-state index contributed by atoms with van der Waals surface area (Å²) in [6.45, 7) is 4.52. The molecular weight excluding hydrogens is 402 g/mol. The van der Waals surface area contributed by atoms with Gasteiger partial charge in [-0.25, -0.2) is 4.68 Å². The van der Waals surface area contributed by atoms with Gasteiger partial charge in [0.2, 0.25) is 0 Å². The molecule has 1 aromatic heterocycles. The minimum Gasteiger partial charge on any atom is -0.481 e. The molecule has 0 radical (unpaired) electrons. The summed E-state index contributed by atoms with van der Waals surface area (Å²) >= 11 is 6.59. The van der Waals surface area contributed by atoms with Crippen molar-refractivity contribution >= 4 is 23.3 Å². The van der Waals surface area contributed by atoms with Crippen molar-refractivity contribution in [2.45, 2.75) is 76.8 Å². The maximum Gasteiger partial charge on any atom is 0.309 e. The topological polar surface area (TPSA) is 84.2 Å². The minimum atomic E-state index is -0.796. The predicted octanol–water partition coefficient (Wildman–Crippen LogP) is 4.37. The van der Waals surface area contributed by atoms with Crippen LogP contribution in [0, 0.1) is 35.5 Å². The van der Waals surface area contributed by atoms with E-state index in [1.165, 1.54) is 17.5 Å². The first-order valence-corrected chi connectivity index (χ1v) is 12.0. The summed E-state index contributed by atoms with van der Waals surface area (Å²) in [6.07, 6.45) is 9.66. The van der Waals surface area contributed by atoms with Crippen LogP contribution in [-0.4, -0.2) is 26.9 Å². The number of anilines is 1. The van der Waals surface area contributed by atoms with Gasteiger partial charge in [-0.2, -0.15) is 5.10 Å². The first-order chi connectivity index (χ1) is 14.3. The fourth-order valence-electron chi connectivity index (χ4n) is 7.57. The number of nitrogens with one attached hydrogen (secondary N) is 1. The molecule has 0 spiro atoms. The third-order valence-electron chi connectivity index (χ3n) is 8.93. The van der Waals surface area contributed by atoms with Crippen LogP contribution in [0.5, 0.6) is 0 Å². The Bertz CT molecular complexity index is 901. The lowest BCUT2D eigenvalue weighted by atomic mass is 9.48. The highest BCUT2D eigenvalue weighted by Crippen LogP contribution is 2.61. The zero-order chi connectivity index (χ0) is 21.2. The highest BCUT2D eigenvalue weighted by molar-refractivity contribution is 6.32. The molecule has 0 unspecified atom stereocenters. The SMILES string of the molecule is C[C@H]1[C@H](C)CCC[C@@H]1Nc1cnn(C23C[C@@H]4CC(C[C@H](C4)C2)[C@@H]3C(=O)O)c(=O)c1Cl. The molecule has 6 nitrogen and oxygen atoms in total. The Hall–Kier alpha value is -1.56. The lowest BCUT2D eigenvalue weighted by Crippen LogP contribution is -2.63. The van der Waals surface area contributed by atoms with Crippen LogP contribution < -0.4 is 10.9 Å². The molecule has 4 bridgehead atoms. The zero-order valence-corrected chi connectivity index (χ0v) is 18.6. The molecular formula is C23H32ClN3O3. The number of carboxylic acids is 1. The number of aliphatic carboxylic acids is 1. The van der Waals surface area contributed by atoms with Crippen molar-refractivity contribution in [3.05, 3.63) is 21.6 Å². The Labute approximate surface area is 182 Å². The van der Waals surface area contributed by atoms with Crippen molar-refractivity contribution in [2.75, 3.05) is 5.32 Å². The Morgan fingerprint density at radius 2 is 1.93 bits per heavy atom. The molecule has 1 aromatic rings. The largest absolute Gasteiger partial charge is 0.481 e. The average Bonchev–Trinajstić information content (AvgIpc) is 2.67. The average molecular weight is 434 g/mol. The summed E-state index contributed by atoms with van der Waals surface area (Å²) in [6, 6.07) is 0.273. The molecule has 5 fully saturated rings. The Morgan fingerprint density at radius 1 is 1.23 bits per heavy atom. The number of aromatic nitrogens is 2. The third kappa shape index (κ3) is 3.01. The van der Waals surface area contributed by atoms with Gasteiger partial charge in [-0.15, -0.1) is 0 Å². The smallest absolute Gasteiger partial charge is 0.309 e. The molecule has 0 aromatic carbocycles. The van der Waals surface area contributed by atoms with Crippen molar-refractivity contribution < 1.29 is 9.90 Å². The standard InChI is InChI=1S/C23H32ClN3O3/c1-12-4-3-5-17(13(12)2)26-18-11-25-27(21(28)20(18)24)23-9-14-6-15(10-23)8-16(7-14)19(23)22(29)30/h11-17,19,26H,3-10H2,1-2H3,(H,29,30)/t12-,13+,14+,15+,16?,17+,19-,23?/m1/s1.